The number of ether oxygens (including phenoxy) is 2. The van der Waals surface area contributed by atoms with Crippen LogP contribution in [-0.2, 0) is 11.4 Å². The molecule has 2 aromatic carbocycles. The van der Waals surface area contributed by atoms with E-state index in [1.807, 2.05) is 54.6 Å². The largest absolute Gasteiger partial charge is 0.489 e. The molecule has 1 aliphatic carbocycles. The van der Waals surface area contributed by atoms with Gasteiger partial charge >= 0.3 is 6.18 Å². The summed E-state index contributed by atoms with van der Waals surface area (Å²) in [7, 11) is 0. The Morgan fingerprint density at radius 3 is 2.56 bits per heavy atom. The van der Waals surface area contributed by atoms with Gasteiger partial charge in [-0.2, -0.15) is 13.2 Å². The van der Waals surface area contributed by atoms with E-state index in [-0.39, 0.29) is 29.5 Å². The fraction of sp³-hybridized carbons (Fsp3) is 0.308. The smallest absolute Gasteiger partial charge is 0.422 e. The molecule has 1 N–H and O–H groups in total. The van der Waals surface area contributed by atoms with Gasteiger partial charge in [-0.15, -0.1) is 0 Å². The summed E-state index contributed by atoms with van der Waals surface area (Å²) in [4.78, 5) is 16.9. The van der Waals surface area contributed by atoms with Crippen LogP contribution in [-0.4, -0.2) is 23.7 Å². The lowest BCUT2D eigenvalue weighted by Gasteiger charge is -2.15. The van der Waals surface area contributed by atoms with Crippen molar-refractivity contribution in [3.05, 3.63) is 89.7 Å². The van der Waals surface area contributed by atoms with Crippen molar-refractivity contribution in [3.8, 4) is 11.5 Å². The maximum Gasteiger partial charge on any atom is 0.422 e. The number of carbonyl (C=O) groups is 1. The van der Waals surface area contributed by atoms with E-state index in [2.05, 4.69) is 15.0 Å². The van der Waals surface area contributed by atoms with Crippen LogP contribution < -0.4 is 14.8 Å². The zero-order valence-electron chi connectivity index (χ0n) is 18.6. The molecule has 0 aliphatic heterocycles. The minimum absolute atomic E-state index is 0.0243. The molecule has 1 heterocycles. The minimum atomic E-state index is -4.41. The van der Waals surface area contributed by atoms with Crippen LogP contribution in [0.2, 0.25) is 0 Å². The summed E-state index contributed by atoms with van der Waals surface area (Å²) in [6.07, 6.45) is -2.43. The van der Waals surface area contributed by atoms with Gasteiger partial charge in [0.05, 0.1) is 17.9 Å². The van der Waals surface area contributed by atoms with Gasteiger partial charge in [0.1, 0.15) is 18.1 Å². The number of amides is 1. The summed E-state index contributed by atoms with van der Waals surface area (Å²) in [5.74, 6) is 0.695. The molecule has 1 aliphatic rings. The van der Waals surface area contributed by atoms with E-state index in [1.54, 1.807) is 13.0 Å². The Labute approximate surface area is 195 Å². The maximum absolute atomic E-state index is 12.7. The molecule has 1 saturated carbocycles. The number of carbonyl (C=O) groups excluding carboxylic acids is 1. The number of rotatable bonds is 9. The standard InChI is InChI=1S/C26H25F3N2O3/c1-17(24-11-10-21(14-30-24)34-16-26(27,28)29)31-25(32)23-13-22(23)19-8-5-9-20(12-19)33-15-18-6-3-2-4-7-18/h2-12,14,17,22-23H,13,15-16H2,1H3,(H,31,32)/t17-,22-,23+/m0/s1. The van der Waals surface area contributed by atoms with Gasteiger partial charge in [0.25, 0.3) is 0 Å². The Kier molecular flexibility index (Phi) is 7.05. The number of hydrogen-bond donors (Lipinski definition) is 1. The zero-order valence-corrected chi connectivity index (χ0v) is 18.6. The van der Waals surface area contributed by atoms with Crippen molar-refractivity contribution in [1.29, 1.82) is 0 Å². The van der Waals surface area contributed by atoms with Crippen molar-refractivity contribution >= 4 is 5.91 Å². The van der Waals surface area contributed by atoms with Crippen molar-refractivity contribution < 1.29 is 27.4 Å². The second-order valence-corrected chi connectivity index (χ2v) is 8.35. The van der Waals surface area contributed by atoms with E-state index >= 15 is 0 Å². The van der Waals surface area contributed by atoms with Crippen molar-refractivity contribution in [2.24, 2.45) is 5.92 Å². The number of benzene rings is 2. The van der Waals surface area contributed by atoms with Crippen molar-refractivity contribution in [3.63, 3.8) is 0 Å². The third kappa shape index (κ3) is 6.50. The molecule has 3 atom stereocenters. The molecule has 0 unspecified atom stereocenters. The fourth-order valence-electron chi connectivity index (χ4n) is 3.72. The molecule has 0 saturated heterocycles. The second kappa shape index (κ2) is 10.2. The first-order valence-electron chi connectivity index (χ1n) is 11.0. The second-order valence-electron chi connectivity index (χ2n) is 8.35. The monoisotopic (exact) mass is 470 g/mol. The average Bonchev–Trinajstić information content (AvgIpc) is 3.63. The average molecular weight is 470 g/mol. The highest BCUT2D eigenvalue weighted by Gasteiger charge is 2.44. The van der Waals surface area contributed by atoms with Gasteiger partial charge in [-0.05, 0) is 54.7 Å². The van der Waals surface area contributed by atoms with E-state index in [9.17, 15) is 18.0 Å². The molecule has 1 aromatic heterocycles. The Balaban J connectivity index is 1.28. The summed E-state index contributed by atoms with van der Waals surface area (Å²) in [5, 5.41) is 2.94. The fourth-order valence-corrected chi connectivity index (χ4v) is 3.72. The number of halogens is 3. The maximum atomic E-state index is 12.7. The van der Waals surface area contributed by atoms with Gasteiger partial charge in [0, 0.05) is 5.92 Å². The van der Waals surface area contributed by atoms with Gasteiger partial charge in [-0.25, -0.2) is 0 Å². The van der Waals surface area contributed by atoms with Crippen LogP contribution in [0.25, 0.3) is 0 Å². The molecule has 3 aromatic rings. The molecular formula is C26H25F3N2O3. The van der Waals surface area contributed by atoms with Crippen molar-refractivity contribution in [2.45, 2.75) is 38.1 Å². The molecule has 8 heteroatoms. The van der Waals surface area contributed by atoms with Gasteiger partial charge in [-0.1, -0.05) is 42.5 Å². The summed E-state index contributed by atoms with van der Waals surface area (Å²) in [6, 6.07) is 20.3. The lowest BCUT2D eigenvalue weighted by Crippen LogP contribution is -2.29. The number of nitrogens with zero attached hydrogens (tertiary/aromatic N) is 1. The van der Waals surface area contributed by atoms with Gasteiger partial charge in [0.15, 0.2) is 6.61 Å². The molecule has 0 spiro atoms. The van der Waals surface area contributed by atoms with E-state index in [1.165, 1.54) is 12.3 Å². The lowest BCUT2D eigenvalue weighted by molar-refractivity contribution is -0.153. The van der Waals surface area contributed by atoms with Gasteiger partial charge < -0.3 is 14.8 Å². The molecule has 4 rings (SSSR count). The molecule has 0 radical (unpaired) electrons. The Morgan fingerprint density at radius 2 is 1.85 bits per heavy atom. The van der Waals surface area contributed by atoms with Crippen LogP contribution >= 0.6 is 0 Å². The number of alkyl halides is 3. The Bertz CT molecular complexity index is 1100. The van der Waals surface area contributed by atoms with Crippen molar-refractivity contribution in [1.82, 2.24) is 10.3 Å². The first kappa shape index (κ1) is 23.6. The molecule has 34 heavy (non-hydrogen) atoms. The van der Waals surface area contributed by atoms with E-state index in [0.717, 1.165) is 23.3 Å². The predicted molar refractivity (Wildman–Crippen MR) is 120 cm³/mol. The van der Waals surface area contributed by atoms with E-state index < -0.39 is 12.8 Å². The van der Waals surface area contributed by atoms with Crippen molar-refractivity contribution in [2.75, 3.05) is 6.61 Å². The van der Waals surface area contributed by atoms with E-state index in [4.69, 9.17) is 4.74 Å². The minimum Gasteiger partial charge on any atom is -0.489 e. The quantitative estimate of drug-likeness (QED) is 0.443. The third-order valence-corrected chi connectivity index (χ3v) is 5.63. The molecule has 1 amide bonds. The first-order chi connectivity index (χ1) is 16.3. The molecule has 5 nitrogen and oxygen atoms in total. The molecule has 178 valence electrons. The van der Waals surface area contributed by atoms with Crippen LogP contribution in [0.1, 0.15) is 42.1 Å². The number of hydrogen-bond acceptors (Lipinski definition) is 4. The zero-order chi connectivity index (χ0) is 24.1. The van der Waals surface area contributed by atoms with Crippen LogP contribution in [0.15, 0.2) is 72.9 Å². The van der Waals surface area contributed by atoms with E-state index in [0.29, 0.717) is 12.3 Å². The van der Waals surface area contributed by atoms with Crippen LogP contribution in [0.4, 0.5) is 13.2 Å². The highest BCUT2D eigenvalue weighted by Crippen LogP contribution is 2.48. The Hall–Kier alpha value is -3.55. The number of pyridine rings is 1. The molecule has 0 bridgehead atoms. The lowest BCUT2D eigenvalue weighted by atomic mass is 10.1. The number of nitrogens with one attached hydrogen (secondary N) is 1. The first-order valence-corrected chi connectivity index (χ1v) is 11.0. The highest BCUT2D eigenvalue weighted by atomic mass is 19.4. The normalized spacial score (nSPS) is 18.1. The van der Waals surface area contributed by atoms with Gasteiger partial charge in [0.2, 0.25) is 5.91 Å². The van der Waals surface area contributed by atoms with Gasteiger partial charge in [-0.3, -0.25) is 9.78 Å². The molecule has 1 fully saturated rings. The predicted octanol–water partition coefficient (Wildman–Crippen LogP) is 5.58. The number of aromatic nitrogens is 1. The van der Waals surface area contributed by atoms with Crippen LogP contribution in [0.5, 0.6) is 11.5 Å². The highest BCUT2D eigenvalue weighted by molar-refractivity contribution is 5.83. The van der Waals surface area contributed by atoms with Crippen LogP contribution in [0, 0.1) is 5.92 Å². The van der Waals surface area contributed by atoms with Crippen LogP contribution in [0.3, 0.4) is 0 Å². The SMILES string of the molecule is C[C@H](NC(=O)[C@@H]1C[C@H]1c1cccc(OCc2ccccc2)c1)c1ccc(OCC(F)(F)F)cn1. The Morgan fingerprint density at radius 1 is 1.06 bits per heavy atom. The summed E-state index contributed by atoms with van der Waals surface area (Å²) >= 11 is 0. The summed E-state index contributed by atoms with van der Waals surface area (Å²) in [5.41, 5.74) is 2.68. The third-order valence-electron chi connectivity index (χ3n) is 5.63. The topological polar surface area (TPSA) is 60.5 Å². The summed E-state index contributed by atoms with van der Waals surface area (Å²) in [6.45, 7) is 0.886. The summed E-state index contributed by atoms with van der Waals surface area (Å²) < 4.78 is 47.3. The molecular weight excluding hydrogens is 445 g/mol.